The van der Waals surface area contributed by atoms with Gasteiger partial charge in [-0.3, -0.25) is 0 Å². The van der Waals surface area contributed by atoms with Crippen molar-refractivity contribution < 1.29 is 22.7 Å². The Morgan fingerprint density at radius 2 is 1.90 bits per heavy atom. The van der Waals surface area contributed by atoms with Crippen molar-refractivity contribution in [2.75, 3.05) is 33.4 Å². The maximum Gasteiger partial charge on any atom is 0.407 e. The zero-order valence-electron chi connectivity index (χ0n) is 12.3. The van der Waals surface area contributed by atoms with Crippen LogP contribution in [-0.4, -0.2) is 57.8 Å². The van der Waals surface area contributed by atoms with Crippen molar-refractivity contribution in [1.29, 1.82) is 0 Å². The van der Waals surface area contributed by atoms with Gasteiger partial charge >= 0.3 is 6.09 Å². The summed E-state index contributed by atoms with van der Waals surface area (Å²) < 4.78 is 33.5. The molecule has 9 heteroatoms. The monoisotopic (exact) mass is 330 g/mol. The van der Waals surface area contributed by atoms with Gasteiger partial charge in [-0.05, 0) is 27.2 Å². The van der Waals surface area contributed by atoms with Crippen molar-refractivity contribution in [3.05, 3.63) is 0 Å². The normalized spacial score (nSPS) is 12.5. The van der Waals surface area contributed by atoms with Crippen molar-refractivity contribution in [3.8, 4) is 0 Å². The van der Waals surface area contributed by atoms with E-state index < -0.39 is 20.9 Å². The van der Waals surface area contributed by atoms with Crippen LogP contribution in [0.3, 0.4) is 0 Å². The molecule has 0 aliphatic heterocycles. The zero-order valence-corrected chi connectivity index (χ0v) is 13.9. The summed E-state index contributed by atoms with van der Waals surface area (Å²) in [6.45, 7) is 6.22. The Kier molecular flexibility index (Phi) is 8.41. The Morgan fingerprint density at radius 1 is 1.30 bits per heavy atom. The van der Waals surface area contributed by atoms with E-state index in [0.29, 0.717) is 13.0 Å². The fraction of sp³-hybridized carbons (Fsp3) is 0.909. The van der Waals surface area contributed by atoms with E-state index in [-0.39, 0.29) is 19.7 Å². The van der Waals surface area contributed by atoms with Crippen molar-refractivity contribution >= 4 is 26.0 Å². The summed E-state index contributed by atoms with van der Waals surface area (Å²) in [5.74, 6) is 0. The molecule has 0 bridgehead atoms. The highest BCUT2D eigenvalue weighted by Crippen LogP contribution is 2.08. The highest BCUT2D eigenvalue weighted by Gasteiger charge is 2.19. The van der Waals surface area contributed by atoms with Crippen LogP contribution in [0.1, 0.15) is 27.2 Å². The number of hydrogen-bond donors (Lipinski definition) is 1. The molecule has 0 rings (SSSR count). The number of amides is 1. The molecule has 20 heavy (non-hydrogen) atoms. The quantitative estimate of drug-likeness (QED) is 0.536. The molecule has 1 N–H and O–H groups in total. The van der Waals surface area contributed by atoms with Gasteiger partial charge in [0.05, 0.1) is 6.61 Å². The van der Waals surface area contributed by atoms with Gasteiger partial charge in [0.1, 0.15) is 5.60 Å². The Morgan fingerprint density at radius 3 is 2.35 bits per heavy atom. The molecule has 0 aliphatic carbocycles. The molecule has 0 saturated heterocycles. The molecular weight excluding hydrogens is 308 g/mol. The second kappa shape index (κ2) is 8.66. The molecule has 7 nitrogen and oxygen atoms in total. The standard InChI is InChI=1S/C11H23ClN2O5S/c1-11(2,3)19-10(15)13-6-5-7-14(8-9-18-4)20(12,16)17/h5-9H2,1-4H3,(H,13,15). The molecule has 0 spiro atoms. The van der Waals surface area contributed by atoms with Crippen LogP contribution >= 0.6 is 10.7 Å². The van der Waals surface area contributed by atoms with Crippen molar-refractivity contribution in [2.45, 2.75) is 32.8 Å². The molecule has 0 aliphatic rings. The van der Waals surface area contributed by atoms with Crippen molar-refractivity contribution in [2.24, 2.45) is 0 Å². The summed E-state index contributed by atoms with van der Waals surface area (Å²) >= 11 is 0. The highest BCUT2D eigenvalue weighted by atomic mass is 35.7. The Balaban J connectivity index is 4.04. The Bertz CT molecular complexity index is 394. The molecule has 0 saturated carbocycles. The number of alkyl carbamates (subject to hydrolysis) is 1. The first-order valence-electron chi connectivity index (χ1n) is 6.22. The van der Waals surface area contributed by atoms with Gasteiger partial charge in [0, 0.05) is 37.4 Å². The van der Waals surface area contributed by atoms with E-state index in [0.717, 1.165) is 4.31 Å². The molecule has 0 aromatic rings. The largest absolute Gasteiger partial charge is 0.444 e. The maximum absolute atomic E-state index is 11.4. The van der Waals surface area contributed by atoms with Crippen LogP contribution < -0.4 is 5.32 Å². The van der Waals surface area contributed by atoms with Gasteiger partial charge in [0.2, 0.25) is 0 Å². The molecule has 0 atom stereocenters. The van der Waals surface area contributed by atoms with Crippen molar-refractivity contribution in [1.82, 2.24) is 9.62 Å². The van der Waals surface area contributed by atoms with Crippen LogP contribution in [0.15, 0.2) is 0 Å². The van der Waals surface area contributed by atoms with Crippen LogP contribution in [0.4, 0.5) is 4.79 Å². The van der Waals surface area contributed by atoms with Crippen LogP contribution in [0.2, 0.25) is 0 Å². The predicted molar refractivity (Wildman–Crippen MR) is 77.1 cm³/mol. The van der Waals surface area contributed by atoms with Crippen LogP contribution in [0.25, 0.3) is 0 Å². The smallest absolute Gasteiger partial charge is 0.407 e. The lowest BCUT2D eigenvalue weighted by atomic mass is 10.2. The predicted octanol–water partition coefficient (Wildman–Crippen LogP) is 1.33. The van der Waals surface area contributed by atoms with E-state index in [2.05, 4.69) is 5.32 Å². The molecule has 1 amide bonds. The van der Waals surface area contributed by atoms with E-state index in [1.54, 1.807) is 20.8 Å². The first kappa shape index (κ1) is 19.4. The van der Waals surface area contributed by atoms with Gasteiger partial charge < -0.3 is 14.8 Å². The summed E-state index contributed by atoms with van der Waals surface area (Å²) in [5.41, 5.74) is -0.561. The third-order valence-corrected chi connectivity index (χ3v) is 3.67. The third kappa shape index (κ3) is 10.2. The number of carbonyl (C=O) groups excluding carboxylic acids is 1. The lowest BCUT2D eigenvalue weighted by molar-refractivity contribution is 0.0526. The van der Waals surface area contributed by atoms with E-state index in [9.17, 15) is 13.2 Å². The first-order valence-corrected chi connectivity index (χ1v) is 8.48. The number of hydrogen-bond acceptors (Lipinski definition) is 5. The molecule has 120 valence electrons. The van der Waals surface area contributed by atoms with Crippen LogP contribution in [0.5, 0.6) is 0 Å². The van der Waals surface area contributed by atoms with E-state index >= 15 is 0 Å². The number of nitrogens with zero attached hydrogens (tertiary/aromatic N) is 1. The van der Waals surface area contributed by atoms with Crippen LogP contribution in [0, 0.1) is 0 Å². The molecule has 0 aromatic heterocycles. The van der Waals surface area contributed by atoms with Gasteiger partial charge in [0.15, 0.2) is 0 Å². The fourth-order valence-electron chi connectivity index (χ4n) is 1.28. The summed E-state index contributed by atoms with van der Waals surface area (Å²) in [4.78, 5) is 11.4. The SMILES string of the molecule is COCCN(CCCNC(=O)OC(C)(C)C)S(=O)(=O)Cl. The number of nitrogens with one attached hydrogen (secondary N) is 1. The van der Waals surface area contributed by atoms with Gasteiger partial charge in [-0.2, -0.15) is 12.7 Å². The van der Waals surface area contributed by atoms with E-state index in [1.807, 2.05) is 0 Å². The maximum atomic E-state index is 11.4. The zero-order chi connectivity index (χ0) is 15.8. The summed E-state index contributed by atoms with van der Waals surface area (Å²) in [5, 5.41) is 2.55. The summed E-state index contributed by atoms with van der Waals surface area (Å²) in [6, 6.07) is 0. The minimum atomic E-state index is -3.79. The third-order valence-electron chi connectivity index (χ3n) is 2.11. The van der Waals surface area contributed by atoms with Gasteiger partial charge in [-0.1, -0.05) is 0 Å². The molecule has 0 unspecified atom stereocenters. The average molecular weight is 331 g/mol. The topological polar surface area (TPSA) is 84.9 Å². The van der Waals surface area contributed by atoms with E-state index in [4.69, 9.17) is 20.2 Å². The second-order valence-corrected chi connectivity index (χ2v) is 7.63. The second-order valence-electron chi connectivity index (χ2n) is 5.12. The molecule has 0 fully saturated rings. The van der Waals surface area contributed by atoms with Crippen molar-refractivity contribution in [3.63, 3.8) is 0 Å². The summed E-state index contributed by atoms with van der Waals surface area (Å²) in [6.07, 6.45) is -0.107. The fourth-order valence-corrected chi connectivity index (χ4v) is 2.34. The average Bonchev–Trinajstić information content (AvgIpc) is 2.23. The number of carbonyl (C=O) groups is 1. The number of rotatable bonds is 8. The minimum absolute atomic E-state index is 0.175. The first-order chi connectivity index (χ1) is 9.06. The minimum Gasteiger partial charge on any atom is -0.444 e. The molecule has 0 radical (unpaired) electrons. The molecular formula is C11H23ClN2O5S. The number of ether oxygens (including phenoxy) is 2. The molecule has 0 aromatic carbocycles. The Hall–Kier alpha value is -0.570. The van der Waals surface area contributed by atoms with Gasteiger partial charge in [-0.25, -0.2) is 4.79 Å². The number of halogens is 1. The lowest BCUT2D eigenvalue weighted by Gasteiger charge is -2.20. The Labute approximate surface area is 125 Å². The van der Waals surface area contributed by atoms with Crippen LogP contribution in [-0.2, 0) is 18.7 Å². The highest BCUT2D eigenvalue weighted by molar-refractivity contribution is 8.11. The van der Waals surface area contributed by atoms with E-state index in [1.165, 1.54) is 7.11 Å². The number of methoxy groups -OCH3 is 1. The van der Waals surface area contributed by atoms with Gasteiger partial charge in [-0.15, -0.1) is 0 Å². The summed E-state index contributed by atoms with van der Waals surface area (Å²) in [7, 11) is 2.98. The lowest BCUT2D eigenvalue weighted by Crippen LogP contribution is -2.36. The van der Waals surface area contributed by atoms with Gasteiger partial charge in [0.25, 0.3) is 9.24 Å². The molecule has 0 heterocycles.